The standard InChI is InChI=1S/C12H14N4O3/c1-18-11-6(9-4-19-5-14-9)2-7(12(13)17)10-8(11)3-15-16-10/h2-3,9,14H,4-5H2,1H3,(H2,13,17)(H,15,16). The summed E-state index contributed by atoms with van der Waals surface area (Å²) in [5.41, 5.74) is 7.26. The quantitative estimate of drug-likeness (QED) is 0.737. The molecule has 100 valence electrons. The first kappa shape index (κ1) is 11.9. The predicted octanol–water partition coefficient (Wildman–Crippen LogP) is 0.289. The molecule has 1 aliphatic rings. The highest BCUT2D eigenvalue weighted by Gasteiger charge is 2.25. The van der Waals surface area contributed by atoms with Crippen LogP contribution in [-0.4, -0.2) is 36.6 Å². The van der Waals surface area contributed by atoms with Crippen LogP contribution in [0.1, 0.15) is 22.0 Å². The second-order valence-corrected chi connectivity index (χ2v) is 4.34. The number of fused-ring (bicyclic) bond motifs is 1. The van der Waals surface area contributed by atoms with E-state index >= 15 is 0 Å². The number of nitrogens with one attached hydrogen (secondary N) is 2. The number of primary amides is 1. The summed E-state index contributed by atoms with van der Waals surface area (Å²) in [6.45, 7) is 1.00. The number of H-pyrrole nitrogens is 1. The molecule has 1 unspecified atom stereocenters. The number of hydrogen-bond donors (Lipinski definition) is 3. The van der Waals surface area contributed by atoms with Gasteiger partial charge in [0.05, 0.1) is 49.2 Å². The first-order chi connectivity index (χ1) is 9.22. The zero-order chi connectivity index (χ0) is 13.4. The van der Waals surface area contributed by atoms with E-state index in [1.165, 1.54) is 0 Å². The van der Waals surface area contributed by atoms with Gasteiger partial charge in [-0.05, 0) is 6.07 Å². The van der Waals surface area contributed by atoms with Gasteiger partial charge >= 0.3 is 0 Å². The van der Waals surface area contributed by atoms with Gasteiger partial charge in [-0.1, -0.05) is 0 Å². The summed E-state index contributed by atoms with van der Waals surface area (Å²) in [5.74, 6) is 0.175. The predicted molar refractivity (Wildman–Crippen MR) is 67.9 cm³/mol. The molecule has 2 heterocycles. The Morgan fingerprint density at radius 2 is 2.47 bits per heavy atom. The van der Waals surface area contributed by atoms with Gasteiger partial charge in [0.25, 0.3) is 5.91 Å². The van der Waals surface area contributed by atoms with E-state index in [1.54, 1.807) is 19.4 Å². The average Bonchev–Trinajstić information content (AvgIpc) is 3.07. The molecular formula is C12H14N4O3. The molecule has 4 N–H and O–H groups in total. The molecule has 0 saturated carbocycles. The van der Waals surface area contributed by atoms with E-state index in [-0.39, 0.29) is 6.04 Å². The molecule has 1 aliphatic heterocycles. The Bertz CT molecular complexity index is 631. The SMILES string of the molecule is COc1c(C2COCN2)cc(C(N)=O)c2[nH]ncc12. The van der Waals surface area contributed by atoms with Crippen LogP contribution in [-0.2, 0) is 4.74 Å². The number of ether oxygens (including phenoxy) is 2. The minimum atomic E-state index is -0.503. The lowest BCUT2D eigenvalue weighted by Crippen LogP contribution is -2.18. The molecule has 1 aromatic carbocycles. The van der Waals surface area contributed by atoms with Crippen molar-refractivity contribution in [2.45, 2.75) is 6.04 Å². The normalized spacial score (nSPS) is 18.9. The monoisotopic (exact) mass is 262 g/mol. The van der Waals surface area contributed by atoms with Crippen molar-refractivity contribution >= 4 is 16.8 Å². The van der Waals surface area contributed by atoms with E-state index in [2.05, 4.69) is 15.5 Å². The first-order valence-corrected chi connectivity index (χ1v) is 5.87. The van der Waals surface area contributed by atoms with E-state index in [9.17, 15) is 4.79 Å². The lowest BCUT2D eigenvalue weighted by atomic mass is 9.99. The van der Waals surface area contributed by atoms with E-state index in [0.29, 0.717) is 30.2 Å². The van der Waals surface area contributed by atoms with E-state index in [4.69, 9.17) is 15.2 Å². The number of carbonyl (C=O) groups excluding carboxylic acids is 1. The second-order valence-electron chi connectivity index (χ2n) is 4.34. The summed E-state index contributed by atoms with van der Waals surface area (Å²) >= 11 is 0. The van der Waals surface area contributed by atoms with Crippen molar-refractivity contribution in [1.29, 1.82) is 0 Å². The van der Waals surface area contributed by atoms with Crippen molar-refractivity contribution in [3.8, 4) is 5.75 Å². The zero-order valence-electron chi connectivity index (χ0n) is 10.4. The highest BCUT2D eigenvalue weighted by atomic mass is 16.5. The van der Waals surface area contributed by atoms with Crippen molar-refractivity contribution in [3.63, 3.8) is 0 Å². The Labute approximate surface area is 109 Å². The van der Waals surface area contributed by atoms with Gasteiger partial charge in [0, 0.05) is 5.56 Å². The molecule has 1 fully saturated rings. The number of aromatic nitrogens is 2. The van der Waals surface area contributed by atoms with Crippen LogP contribution in [0.4, 0.5) is 0 Å². The molecule has 7 heteroatoms. The molecule has 7 nitrogen and oxygen atoms in total. The Balaban J connectivity index is 2.26. The van der Waals surface area contributed by atoms with Crippen LogP contribution in [0.3, 0.4) is 0 Å². The van der Waals surface area contributed by atoms with Gasteiger partial charge in [0.1, 0.15) is 5.75 Å². The third-order valence-electron chi connectivity index (χ3n) is 3.28. The van der Waals surface area contributed by atoms with Crippen LogP contribution < -0.4 is 15.8 Å². The lowest BCUT2D eigenvalue weighted by Gasteiger charge is -2.16. The molecule has 0 spiro atoms. The minimum Gasteiger partial charge on any atom is -0.496 e. The number of carbonyl (C=O) groups is 1. The van der Waals surface area contributed by atoms with Gasteiger partial charge in [-0.15, -0.1) is 0 Å². The molecule has 1 aromatic heterocycles. The van der Waals surface area contributed by atoms with Gasteiger partial charge in [-0.3, -0.25) is 15.2 Å². The maximum atomic E-state index is 11.6. The van der Waals surface area contributed by atoms with Gasteiger partial charge in [0.2, 0.25) is 0 Å². The smallest absolute Gasteiger partial charge is 0.250 e. The van der Waals surface area contributed by atoms with E-state index in [1.807, 2.05) is 0 Å². The number of hydrogen-bond acceptors (Lipinski definition) is 5. The number of benzene rings is 1. The summed E-state index contributed by atoms with van der Waals surface area (Å²) < 4.78 is 10.8. The number of nitrogens with zero attached hydrogens (tertiary/aromatic N) is 1. The third kappa shape index (κ3) is 1.83. The van der Waals surface area contributed by atoms with Crippen molar-refractivity contribution in [3.05, 3.63) is 23.4 Å². The van der Waals surface area contributed by atoms with Gasteiger partial charge in [-0.25, -0.2) is 0 Å². The second kappa shape index (κ2) is 4.52. The molecule has 0 radical (unpaired) electrons. The molecule has 0 bridgehead atoms. The van der Waals surface area contributed by atoms with Crippen LogP contribution in [0.5, 0.6) is 5.75 Å². The molecule has 1 saturated heterocycles. The molecule has 1 amide bonds. The molecule has 1 atom stereocenters. The van der Waals surface area contributed by atoms with Crippen molar-refractivity contribution in [1.82, 2.24) is 15.5 Å². The van der Waals surface area contributed by atoms with Crippen LogP contribution in [0.2, 0.25) is 0 Å². The number of rotatable bonds is 3. The number of methoxy groups -OCH3 is 1. The summed E-state index contributed by atoms with van der Waals surface area (Å²) in [4.78, 5) is 11.6. The Morgan fingerprint density at radius 3 is 3.11 bits per heavy atom. The minimum absolute atomic E-state index is 0.0210. The van der Waals surface area contributed by atoms with E-state index < -0.39 is 5.91 Å². The number of amides is 1. The van der Waals surface area contributed by atoms with Gasteiger partial charge in [0.15, 0.2) is 0 Å². The summed E-state index contributed by atoms with van der Waals surface area (Å²) in [5, 5.41) is 10.7. The summed E-state index contributed by atoms with van der Waals surface area (Å²) in [7, 11) is 1.59. The highest BCUT2D eigenvalue weighted by molar-refractivity contribution is 6.06. The molecule has 0 aliphatic carbocycles. The largest absolute Gasteiger partial charge is 0.496 e. The number of aromatic amines is 1. The maximum Gasteiger partial charge on any atom is 0.250 e. The Kier molecular flexibility index (Phi) is 2.84. The maximum absolute atomic E-state index is 11.6. The summed E-state index contributed by atoms with van der Waals surface area (Å²) in [6, 6.07) is 1.71. The van der Waals surface area contributed by atoms with E-state index in [0.717, 1.165) is 10.9 Å². The molecule has 19 heavy (non-hydrogen) atoms. The molecular weight excluding hydrogens is 248 g/mol. The summed E-state index contributed by atoms with van der Waals surface area (Å²) in [6.07, 6.45) is 1.62. The lowest BCUT2D eigenvalue weighted by molar-refractivity contribution is 0.100. The first-order valence-electron chi connectivity index (χ1n) is 5.87. The Hall–Kier alpha value is -2.12. The number of nitrogens with two attached hydrogens (primary N) is 1. The fourth-order valence-corrected chi connectivity index (χ4v) is 2.39. The third-order valence-corrected chi connectivity index (χ3v) is 3.28. The zero-order valence-corrected chi connectivity index (χ0v) is 10.4. The van der Waals surface area contributed by atoms with Crippen LogP contribution in [0.15, 0.2) is 12.3 Å². The fourth-order valence-electron chi connectivity index (χ4n) is 2.39. The van der Waals surface area contributed by atoms with Crippen molar-refractivity contribution in [2.75, 3.05) is 20.4 Å². The Morgan fingerprint density at radius 1 is 1.63 bits per heavy atom. The highest BCUT2D eigenvalue weighted by Crippen LogP contribution is 2.35. The van der Waals surface area contributed by atoms with Crippen LogP contribution in [0.25, 0.3) is 10.9 Å². The molecule has 3 rings (SSSR count). The topological polar surface area (TPSA) is 102 Å². The van der Waals surface area contributed by atoms with Gasteiger partial charge < -0.3 is 15.2 Å². The van der Waals surface area contributed by atoms with Crippen LogP contribution >= 0.6 is 0 Å². The van der Waals surface area contributed by atoms with Crippen molar-refractivity contribution < 1.29 is 14.3 Å². The molecule has 2 aromatic rings. The average molecular weight is 262 g/mol. The fraction of sp³-hybridized carbons (Fsp3) is 0.333. The van der Waals surface area contributed by atoms with Crippen LogP contribution in [0, 0.1) is 0 Å². The van der Waals surface area contributed by atoms with Gasteiger partial charge in [-0.2, -0.15) is 5.10 Å². The van der Waals surface area contributed by atoms with Crippen molar-refractivity contribution in [2.24, 2.45) is 5.73 Å².